The van der Waals surface area contributed by atoms with Gasteiger partial charge in [0, 0.05) is 19.6 Å². The van der Waals surface area contributed by atoms with Gasteiger partial charge in [0.05, 0.1) is 12.5 Å². The van der Waals surface area contributed by atoms with Gasteiger partial charge in [-0.25, -0.2) is 4.39 Å². The van der Waals surface area contributed by atoms with Crippen molar-refractivity contribution in [3.63, 3.8) is 0 Å². The molecule has 0 atom stereocenters. The van der Waals surface area contributed by atoms with E-state index in [4.69, 9.17) is 9.84 Å². The van der Waals surface area contributed by atoms with E-state index in [1.807, 2.05) is 12.1 Å². The zero-order valence-electron chi connectivity index (χ0n) is 18.5. The minimum absolute atomic E-state index is 0. The molecule has 6 heteroatoms. The van der Waals surface area contributed by atoms with Gasteiger partial charge in [0.1, 0.15) is 11.6 Å². The minimum atomic E-state index is -0.682. The van der Waals surface area contributed by atoms with E-state index in [9.17, 15) is 9.18 Å². The van der Waals surface area contributed by atoms with Crippen LogP contribution in [0.25, 0.3) is 5.57 Å². The maximum absolute atomic E-state index is 13.0. The number of rotatable bonds is 9. The summed E-state index contributed by atoms with van der Waals surface area (Å²) in [6.07, 6.45) is 4.94. The molecule has 2 aromatic carbocycles. The lowest BCUT2D eigenvalue weighted by Gasteiger charge is -2.38. The second-order valence-electron chi connectivity index (χ2n) is 8.71. The number of hydrogen-bond donors (Lipinski definition) is 1. The molecule has 0 unspecified atom stereocenters. The highest BCUT2D eigenvalue weighted by Crippen LogP contribution is 2.34. The highest BCUT2D eigenvalue weighted by atomic mass is 35.5. The Hall–Kier alpha value is -2.37. The molecule has 172 valence electrons. The van der Waals surface area contributed by atoms with Crippen molar-refractivity contribution in [3.8, 4) is 5.75 Å². The van der Waals surface area contributed by atoms with E-state index in [-0.39, 0.29) is 24.1 Å². The van der Waals surface area contributed by atoms with Crippen LogP contribution >= 0.6 is 12.4 Å². The topological polar surface area (TPSA) is 49.8 Å². The number of allylic oxidation sites excluding steroid dienone is 1. The van der Waals surface area contributed by atoms with E-state index in [0.717, 1.165) is 50.0 Å². The highest BCUT2D eigenvalue weighted by Gasteiger charge is 2.33. The summed E-state index contributed by atoms with van der Waals surface area (Å²) in [5.41, 5.74) is 6.53. The number of carboxylic acids is 1. The summed E-state index contributed by atoms with van der Waals surface area (Å²) in [5, 5.41) is 9.05. The van der Waals surface area contributed by atoms with Crippen molar-refractivity contribution in [2.24, 2.45) is 5.92 Å². The number of hydrogen-bond acceptors (Lipinski definition) is 3. The molecule has 0 bridgehead atoms. The van der Waals surface area contributed by atoms with Gasteiger partial charge in [0.2, 0.25) is 0 Å². The monoisotopic (exact) mass is 459 g/mol. The van der Waals surface area contributed by atoms with Crippen LogP contribution < -0.4 is 4.74 Å². The normalized spacial score (nSPS) is 16.2. The SMILES string of the molecule is CC1=C(CN2CC(C(=O)O)C2)CCc2cc(OCCCCc3ccc(F)cc3)ccc21.Cl. The summed E-state index contributed by atoms with van der Waals surface area (Å²) in [6, 6.07) is 13.1. The second-order valence-corrected chi connectivity index (χ2v) is 8.71. The first-order valence-corrected chi connectivity index (χ1v) is 11.1. The van der Waals surface area contributed by atoms with Gasteiger partial charge in [-0.15, -0.1) is 12.4 Å². The number of aliphatic carboxylic acids is 1. The molecule has 4 rings (SSSR count). The van der Waals surface area contributed by atoms with Crippen molar-refractivity contribution in [1.82, 2.24) is 4.90 Å². The van der Waals surface area contributed by atoms with Crippen LogP contribution in [-0.4, -0.2) is 42.2 Å². The average Bonchev–Trinajstić information content (AvgIpc) is 2.72. The number of carboxylic acid groups (broad SMARTS) is 1. The fraction of sp³-hybridized carbons (Fsp3) is 0.423. The van der Waals surface area contributed by atoms with Crippen molar-refractivity contribution < 1.29 is 19.0 Å². The Kier molecular flexibility index (Phi) is 8.32. The van der Waals surface area contributed by atoms with E-state index in [1.165, 1.54) is 34.4 Å². The van der Waals surface area contributed by atoms with Crippen molar-refractivity contribution >= 4 is 23.9 Å². The molecule has 4 nitrogen and oxygen atoms in total. The number of unbranched alkanes of at least 4 members (excludes halogenated alkanes) is 1. The third-order valence-electron chi connectivity index (χ3n) is 6.47. The molecular weight excluding hydrogens is 429 g/mol. The second kappa shape index (κ2) is 11.0. The van der Waals surface area contributed by atoms with Gasteiger partial charge in [-0.3, -0.25) is 9.69 Å². The Labute approximate surface area is 195 Å². The largest absolute Gasteiger partial charge is 0.494 e. The zero-order chi connectivity index (χ0) is 21.8. The highest BCUT2D eigenvalue weighted by molar-refractivity contribution is 5.85. The Morgan fingerprint density at radius 2 is 1.88 bits per heavy atom. The first kappa shape index (κ1) is 24.3. The van der Waals surface area contributed by atoms with Gasteiger partial charge < -0.3 is 9.84 Å². The maximum atomic E-state index is 13.0. The number of nitrogens with zero attached hydrogens (tertiary/aromatic N) is 1. The van der Waals surface area contributed by atoms with Crippen LogP contribution in [0.3, 0.4) is 0 Å². The van der Waals surface area contributed by atoms with Gasteiger partial charge >= 0.3 is 5.97 Å². The summed E-state index contributed by atoms with van der Waals surface area (Å²) in [4.78, 5) is 13.2. The van der Waals surface area contributed by atoms with Crippen LogP contribution in [0.1, 0.15) is 42.9 Å². The van der Waals surface area contributed by atoms with Crippen molar-refractivity contribution in [2.45, 2.75) is 39.0 Å². The number of halogens is 2. The predicted molar refractivity (Wildman–Crippen MR) is 127 cm³/mol. The van der Waals surface area contributed by atoms with Crippen LogP contribution in [0.2, 0.25) is 0 Å². The van der Waals surface area contributed by atoms with E-state index in [1.54, 1.807) is 0 Å². The molecule has 2 aromatic rings. The lowest BCUT2D eigenvalue weighted by Crippen LogP contribution is -2.50. The Balaban J connectivity index is 0.00000289. The van der Waals surface area contributed by atoms with E-state index >= 15 is 0 Å². The third-order valence-corrected chi connectivity index (χ3v) is 6.47. The number of carbonyl (C=O) groups is 1. The lowest BCUT2D eigenvalue weighted by atomic mass is 9.85. The van der Waals surface area contributed by atoms with Gasteiger partial charge in [-0.05, 0) is 85.6 Å². The van der Waals surface area contributed by atoms with Crippen molar-refractivity contribution in [1.29, 1.82) is 0 Å². The zero-order valence-corrected chi connectivity index (χ0v) is 19.3. The molecule has 2 aliphatic rings. The molecule has 1 saturated heterocycles. The molecule has 1 heterocycles. The van der Waals surface area contributed by atoms with Crippen molar-refractivity contribution in [3.05, 3.63) is 70.5 Å². The Morgan fingerprint density at radius 1 is 1.12 bits per heavy atom. The Morgan fingerprint density at radius 3 is 2.59 bits per heavy atom. The average molecular weight is 460 g/mol. The summed E-state index contributed by atoms with van der Waals surface area (Å²) >= 11 is 0. The molecule has 32 heavy (non-hydrogen) atoms. The molecule has 1 N–H and O–H groups in total. The van der Waals surface area contributed by atoms with Gasteiger partial charge in [-0.2, -0.15) is 0 Å². The van der Waals surface area contributed by atoms with Crippen LogP contribution in [-0.2, 0) is 17.6 Å². The number of ether oxygens (including phenoxy) is 1. The summed E-state index contributed by atoms with van der Waals surface area (Å²) in [5.74, 6) is -0.154. The third kappa shape index (κ3) is 5.90. The molecule has 1 aliphatic heterocycles. The smallest absolute Gasteiger partial charge is 0.309 e. The molecule has 0 spiro atoms. The number of fused-ring (bicyclic) bond motifs is 1. The molecule has 1 aliphatic carbocycles. The summed E-state index contributed by atoms with van der Waals surface area (Å²) in [6.45, 7) is 5.05. The fourth-order valence-electron chi connectivity index (χ4n) is 4.49. The van der Waals surface area contributed by atoms with Crippen molar-refractivity contribution in [2.75, 3.05) is 26.2 Å². The minimum Gasteiger partial charge on any atom is -0.494 e. The predicted octanol–water partition coefficient (Wildman–Crippen LogP) is 5.39. The maximum Gasteiger partial charge on any atom is 0.309 e. The molecule has 1 fully saturated rings. The quantitative estimate of drug-likeness (QED) is 0.511. The molecular formula is C26H31ClFNO3. The number of likely N-dealkylation sites (tertiary alicyclic amines) is 1. The number of aryl methyl sites for hydroxylation is 2. The van der Waals surface area contributed by atoms with E-state index in [0.29, 0.717) is 19.7 Å². The van der Waals surface area contributed by atoms with Gasteiger partial charge in [0.25, 0.3) is 0 Å². The first-order valence-electron chi connectivity index (χ1n) is 11.1. The standard InChI is InChI=1S/C26H30FNO3.ClH/c1-18-21(15-28-16-22(17-28)26(29)30)8-7-20-14-24(11-12-25(18)20)31-13-3-2-4-19-5-9-23(27)10-6-19;/h5-6,9-12,14,22H,2-4,7-8,13,15-17H2,1H3,(H,29,30);1H. The van der Waals surface area contributed by atoms with Crippen LogP contribution in [0.4, 0.5) is 4.39 Å². The Bertz CT molecular complexity index is 968. The fourth-order valence-corrected chi connectivity index (χ4v) is 4.49. The van der Waals surface area contributed by atoms with Gasteiger partial charge in [-0.1, -0.05) is 23.8 Å². The first-order chi connectivity index (χ1) is 15.0. The van der Waals surface area contributed by atoms with Gasteiger partial charge in [0.15, 0.2) is 0 Å². The van der Waals surface area contributed by atoms with E-state index in [2.05, 4.69) is 30.0 Å². The summed E-state index contributed by atoms with van der Waals surface area (Å²) in [7, 11) is 0. The van der Waals surface area contributed by atoms with E-state index < -0.39 is 5.97 Å². The summed E-state index contributed by atoms with van der Waals surface area (Å²) < 4.78 is 18.9. The molecule has 0 radical (unpaired) electrons. The molecule has 0 aromatic heterocycles. The molecule has 0 amide bonds. The molecule has 0 saturated carbocycles. The van der Waals surface area contributed by atoms with Crippen LogP contribution in [0.5, 0.6) is 5.75 Å². The number of benzene rings is 2. The van der Waals surface area contributed by atoms with Crippen LogP contribution in [0.15, 0.2) is 48.0 Å². The van der Waals surface area contributed by atoms with Crippen LogP contribution in [0, 0.1) is 11.7 Å². The lowest BCUT2D eigenvalue weighted by molar-refractivity contribution is -0.147.